The van der Waals surface area contributed by atoms with E-state index in [0.717, 1.165) is 40.9 Å². The number of carbonyl (C=O) groups excluding carboxylic acids is 3. The highest BCUT2D eigenvalue weighted by molar-refractivity contribution is 7.18. The fourth-order valence-electron chi connectivity index (χ4n) is 3.60. The zero-order chi connectivity index (χ0) is 20.8. The Kier molecular flexibility index (Phi) is 7.19. The first kappa shape index (κ1) is 21.2. The normalized spacial score (nSPS) is 19.1. The number of para-hydroxylation sites is 1. The van der Waals surface area contributed by atoms with E-state index >= 15 is 0 Å². The molecule has 0 spiro atoms. The number of nitrogens with one attached hydrogen (secondary N) is 2. The standard InChI is InChI=1S/C21H27N3O4S/c1-13(2)23-18(25)11-22-19(26)12-28-21(27)15-8-4-3-7-14(15)20-24-16-9-5-6-10-17(16)29-20/h5-6,9-10,13-15H,3-4,7-8,11-12H2,1-2H3,(H,22,26)(H,23,25)/t14-,15-/m1/s1. The van der Waals surface area contributed by atoms with E-state index in [1.807, 2.05) is 38.1 Å². The first-order valence-corrected chi connectivity index (χ1v) is 10.8. The average molecular weight is 418 g/mol. The van der Waals surface area contributed by atoms with Gasteiger partial charge in [-0.15, -0.1) is 11.3 Å². The predicted octanol–water partition coefficient (Wildman–Crippen LogP) is 2.75. The fraction of sp³-hybridized carbons (Fsp3) is 0.524. The van der Waals surface area contributed by atoms with Gasteiger partial charge in [-0.1, -0.05) is 25.0 Å². The van der Waals surface area contributed by atoms with E-state index in [1.54, 1.807) is 11.3 Å². The van der Waals surface area contributed by atoms with Crippen molar-refractivity contribution in [2.24, 2.45) is 5.92 Å². The molecule has 2 amide bonds. The highest BCUT2D eigenvalue weighted by Gasteiger charge is 2.35. The van der Waals surface area contributed by atoms with Gasteiger partial charge in [-0.2, -0.15) is 0 Å². The summed E-state index contributed by atoms with van der Waals surface area (Å²) in [4.78, 5) is 40.9. The molecular formula is C21H27N3O4S. The number of amides is 2. The van der Waals surface area contributed by atoms with Crippen molar-refractivity contribution in [1.29, 1.82) is 0 Å². The maximum Gasteiger partial charge on any atom is 0.310 e. The van der Waals surface area contributed by atoms with Gasteiger partial charge in [-0.25, -0.2) is 4.98 Å². The lowest BCUT2D eigenvalue weighted by molar-refractivity contribution is -0.154. The van der Waals surface area contributed by atoms with E-state index in [-0.39, 0.29) is 42.9 Å². The molecule has 156 valence electrons. The zero-order valence-electron chi connectivity index (χ0n) is 16.8. The highest BCUT2D eigenvalue weighted by Crippen LogP contribution is 2.41. The molecule has 1 aliphatic carbocycles. The quantitative estimate of drug-likeness (QED) is 0.675. The molecule has 0 radical (unpaired) electrons. The highest BCUT2D eigenvalue weighted by atomic mass is 32.1. The number of hydrogen-bond acceptors (Lipinski definition) is 6. The summed E-state index contributed by atoms with van der Waals surface area (Å²) in [6.45, 7) is 3.17. The molecule has 2 N–H and O–H groups in total. The molecular weight excluding hydrogens is 390 g/mol. The molecule has 0 saturated heterocycles. The van der Waals surface area contributed by atoms with Crippen molar-refractivity contribution in [2.75, 3.05) is 13.2 Å². The van der Waals surface area contributed by atoms with Gasteiger partial charge in [-0.3, -0.25) is 14.4 Å². The van der Waals surface area contributed by atoms with Crippen LogP contribution in [0.2, 0.25) is 0 Å². The summed E-state index contributed by atoms with van der Waals surface area (Å²) in [5.41, 5.74) is 0.948. The second-order valence-electron chi connectivity index (χ2n) is 7.62. The molecule has 1 aliphatic rings. The van der Waals surface area contributed by atoms with Crippen molar-refractivity contribution in [2.45, 2.75) is 51.5 Å². The maximum atomic E-state index is 12.7. The van der Waals surface area contributed by atoms with E-state index in [9.17, 15) is 14.4 Å². The van der Waals surface area contributed by atoms with Crippen LogP contribution in [0.5, 0.6) is 0 Å². The summed E-state index contributed by atoms with van der Waals surface area (Å²) in [6.07, 6.45) is 3.64. The molecule has 2 aromatic rings. The van der Waals surface area contributed by atoms with Crippen LogP contribution in [-0.2, 0) is 19.1 Å². The zero-order valence-corrected chi connectivity index (χ0v) is 17.6. The van der Waals surface area contributed by atoms with Gasteiger partial charge < -0.3 is 15.4 Å². The molecule has 3 rings (SSSR count). The van der Waals surface area contributed by atoms with E-state index in [1.165, 1.54) is 0 Å². The number of thiazole rings is 1. The Hall–Kier alpha value is -2.48. The lowest BCUT2D eigenvalue weighted by Crippen LogP contribution is -2.41. The van der Waals surface area contributed by atoms with Gasteiger partial charge >= 0.3 is 5.97 Å². The molecule has 29 heavy (non-hydrogen) atoms. The number of nitrogens with zero attached hydrogens (tertiary/aromatic N) is 1. The van der Waals surface area contributed by atoms with Crippen LogP contribution in [0.1, 0.15) is 50.5 Å². The van der Waals surface area contributed by atoms with Crippen LogP contribution in [0.4, 0.5) is 0 Å². The van der Waals surface area contributed by atoms with Crippen molar-refractivity contribution in [3.63, 3.8) is 0 Å². The number of aromatic nitrogens is 1. The summed E-state index contributed by atoms with van der Waals surface area (Å²) in [6, 6.07) is 7.95. The van der Waals surface area contributed by atoms with Crippen LogP contribution in [0.15, 0.2) is 24.3 Å². The minimum atomic E-state index is -0.482. The Morgan fingerprint density at radius 2 is 1.93 bits per heavy atom. The smallest absolute Gasteiger partial charge is 0.310 e. The Labute approximate surface area is 174 Å². The van der Waals surface area contributed by atoms with Crippen LogP contribution in [0, 0.1) is 5.92 Å². The largest absolute Gasteiger partial charge is 0.455 e. The van der Waals surface area contributed by atoms with E-state index in [2.05, 4.69) is 10.6 Å². The van der Waals surface area contributed by atoms with Crippen LogP contribution in [0.25, 0.3) is 10.2 Å². The van der Waals surface area contributed by atoms with Gasteiger partial charge in [0.1, 0.15) is 0 Å². The maximum absolute atomic E-state index is 12.7. The molecule has 8 heteroatoms. The van der Waals surface area contributed by atoms with Gasteiger partial charge in [-0.05, 0) is 38.8 Å². The molecule has 0 bridgehead atoms. The topological polar surface area (TPSA) is 97.4 Å². The van der Waals surface area contributed by atoms with Crippen molar-refractivity contribution in [3.8, 4) is 0 Å². The number of ether oxygens (including phenoxy) is 1. The van der Waals surface area contributed by atoms with Gasteiger partial charge in [0.2, 0.25) is 5.91 Å². The van der Waals surface area contributed by atoms with E-state index in [4.69, 9.17) is 9.72 Å². The summed E-state index contributed by atoms with van der Waals surface area (Å²) in [5.74, 6) is -1.39. The van der Waals surface area contributed by atoms with Crippen molar-refractivity contribution >= 4 is 39.3 Å². The minimum Gasteiger partial charge on any atom is -0.455 e. The minimum absolute atomic E-state index is 0.00275. The van der Waals surface area contributed by atoms with Crippen molar-refractivity contribution in [1.82, 2.24) is 15.6 Å². The Bertz CT molecular complexity index is 847. The third kappa shape index (κ3) is 5.76. The number of rotatable bonds is 7. The average Bonchev–Trinajstić information content (AvgIpc) is 3.14. The number of benzene rings is 1. The fourth-order valence-corrected chi connectivity index (χ4v) is 4.77. The molecule has 1 saturated carbocycles. The number of carbonyl (C=O) groups is 3. The monoisotopic (exact) mass is 417 g/mol. The SMILES string of the molecule is CC(C)NC(=O)CNC(=O)COC(=O)[C@@H]1CCCC[C@H]1c1nc2ccccc2s1. The van der Waals surface area contributed by atoms with Gasteiger partial charge in [0.05, 0.1) is 27.7 Å². The van der Waals surface area contributed by atoms with Gasteiger partial charge in [0.15, 0.2) is 6.61 Å². The Morgan fingerprint density at radius 3 is 2.69 bits per heavy atom. The van der Waals surface area contributed by atoms with Crippen LogP contribution < -0.4 is 10.6 Å². The number of esters is 1. The first-order chi connectivity index (χ1) is 13.9. The number of fused-ring (bicyclic) bond motifs is 1. The molecule has 1 heterocycles. The second-order valence-corrected chi connectivity index (χ2v) is 8.69. The third-order valence-electron chi connectivity index (χ3n) is 4.94. The van der Waals surface area contributed by atoms with Crippen molar-refractivity contribution in [3.05, 3.63) is 29.3 Å². The molecule has 0 unspecified atom stereocenters. The summed E-state index contributed by atoms with van der Waals surface area (Å²) in [7, 11) is 0. The molecule has 1 aromatic heterocycles. The Morgan fingerprint density at radius 1 is 1.17 bits per heavy atom. The lowest BCUT2D eigenvalue weighted by atomic mass is 9.79. The van der Waals surface area contributed by atoms with Gasteiger partial charge in [0, 0.05) is 12.0 Å². The summed E-state index contributed by atoms with van der Waals surface area (Å²) in [5, 5.41) is 6.11. The second kappa shape index (κ2) is 9.82. The predicted molar refractivity (Wildman–Crippen MR) is 112 cm³/mol. The molecule has 0 aliphatic heterocycles. The summed E-state index contributed by atoms with van der Waals surface area (Å²) < 4.78 is 6.39. The third-order valence-corrected chi connectivity index (χ3v) is 6.11. The van der Waals surface area contributed by atoms with E-state index in [0.29, 0.717) is 0 Å². The van der Waals surface area contributed by atoms with E-state index < -0.39 is 5.91 Å². The van der Waals surface area contributed by atoms with Crippen LogP contribution in [-0.4, -0.2) is 42.0 Å². The van der Waals surface area contributed by atoms with Gasteiger partial charge in [0.25, 0.3) is 5.91 Å². The van der Waals surface area contributed by atoms with Crippen LogP contribution in [0.3, 0.4) is 0 Å². The van der Waals surface area contributed by atoms with Crippen molar-refractivity contribution < 1.29 is 19.1 Å². The Balaban J connectivity index is 1.55. The summed E-state index contributed by atoms with van der Waals surface area (Å²) >= 11 is 1.62. The number of hydrogen-bond donors (Lipinski definition) is 2. The molecule has 1 fully saturated rings. The first-order valence-electron chi connectivity index (χ1n) is 10.0. The van der Waals surface area contributed by atoms with Crippen LogP contribution >= 0.6 is 11.3 Å². The molecule has 7 nitrogen and oxygen atoms in total. The molecule has 2 atom stereocenters. The molecule has 1 aromatic carbocycles. The lowest BCUT2D eigenvalue weighted by Gasteiger charge is -2.28.